The molecule has 170 valence electrons. The molecular formula is C26H21Cl2N5O. The van der Waals surface area contributed by atoms with Crippen molar-refractivity contribution in [1.29, 1.82) is 0 Å². The van der Waals surface area contributed by atoms with Crippen LogP contribution in [0.3, 0.4) is 0 Å². The van der Waals surface area contributed by atoms with E-state index in [1.54, 1.807) is 24.7 Å². The first kappa shape index (κ1) is 23.3. The number of hydrogen-bond donors (Lipinski definition) is 1. The molecule has 3 aromatic heterocycles. The number of ether oxygens (including phenoxy) is 1. The highest BCUT2D eigenvalue weighted by molar-refractivity contribution is 6.33. The van der Waals surface area contributed by atoms with E-state index >= 15 is 0 Å². The Kier molecular flexibility index (Phi) is 7.11. The summed E-state index contributed by atoms with van der Waals surface area (Å²) in [5.41, 5.74) is 10.8. The summed E-state index contributed by atoms with van der Waals surface area (Å²) in [5.74, 6) is 1.62. The lowest BCUT2D eigenvalue weighted by Gasteiger charge is -2.15. The van der Waals surface area contributed by atoms with E-state index in [1.807, 2.05) is 60.7 Å². The molecule has 0 atom stereocenters. The van der Waals surface area contributed by atoms with Crippen molar-refractivity contribution in [3.8, 4) is 34.1 Å². The molecule has 5 rings (SSSR count). The molecular weight excluding hydrogens is 469 g/mol. The van der Waals surface area contributed by atoms with Gasteiger partial charge in [0.2, 0.25) is 5.88 Å². The summed E-state index contributed by atoms with van der Waals surface area (Å²) in [5, 5.41) is 0.691. The summed E-state index contributed by atoms with van der Waals surface area (Å²) in [6, 6.07) is 25.5. The fourth-order valence-corrected chi connectivity index (χ4v) is 3.93. The van der Waals surface area contributed by atoms with Gasteiger partial charge in [-0.3, -0.25) is 4.98 Å². The van der Waals surface area contributed by atoms with Gasteiger partial charge in [0.05, 0.1) is 24.1 Å². The zero-order valence-corrected chi connectivity index (χ0v) is 19.6. The Balaban J connectivity index is 0.00000274. The maximum absolute atomic E-state index is 6.54. The first-order valence-electron chi connectivity index (χ1n) is 10.4. The molecule has 5 aromatic rings. The van der Waals surface area contributed by atoms with E-state index in [9.17, 15) is 0 Å². The van der Waals surface area contributed by atoms with Gasteiger partial charge in [-0.2, -0.15) is 0 Å². The van der Waals surface area contributed by atoms with E-state index in [4.69, 9.17) is 22.1 Å². The average Bonchev–Trinajstić information content (AvgIpc) is 3.24. The van der Waals surface area contributed by atoms with Gasteiger partial charge in [-0.05, 0) is 60.2 Å². The highest BCUT2D eigenvalue weighted by Gasteiger charge is 2.15. The second kappa shape index (κ2) is 10.4. The standard InChI is InChI=1S/C26H20ClN5O.ClH/c27-22-6-2-1-5-21(22)24-13-12-23(32(24)17-19-4-3-7-25(28)31-19)18-8-10-20(11-9-18)33-26-16-29-14-15-30-26;/h1-16H,17H2,(H2,28,31);1H. The molecule has 0 spiro atoms. The molecule has 0 aliphatic carbocycles. The van der Waals surface area contributed by atoms with E-state index in [1.165, 1.54) is 0 Å². The summed E-state index contributed by atoms with van der Waals surface area (Å²) >= 11 is 6.54. The predicted octanol–water partition coefficient (Wildman–Crippen LogP) is 6.51. The molecule has 3 heterocycles. The van der Waals surface area contributed by atoms with Crippen LogP contribution in [0.2, 0.25) is 5.02 Å². The molecule has 0 fully saturated rings. The van der Waals surface area contributed by atoms with Crippen molar-refractivity contribution < 1.29 is 4.74 Å². The molecule has 0 saturated heterocycles. The Labute approximate surface area is 208 Å². The van der Waals surface area contributed by atoms with Crippen LogP contribution in [0.15, 0.2) is 97.5 Å². The van der Waals surface area contributed by atoms with Crippen molar-refractivity contribution in [3.63, 3.8) is 0 Å². The van der Waals surface area contributed by atoms with Gasteiger partial charge in [-0.25, -0.2) is 9.97 Å². The van der Waals surface area contributed by atoms with Gasteiger partial charge in [-0.1, -0.05) is 35.9 Å². The molecule has 0 aliphatic rings. The molecule has 34 heavy (non-hydrogen) atoms. The number of aromatic nitrogens is 4. The number of halogens is 2. The van der Waals surface area contributed by atoms with Gasteiger partial charge in [-0.15, -0.1) is 12.4 Å². The largest absolute Gasteiger partial charge is 0.438 e. The Morgan fingerprint density at radius 2 is 1.65 bits per heavy atom. The van der Waals surface area contributed by atoms with Gasteiger partial charge in [0, 0.05) is 28.7 Å². The third-order valence-corrected chi connectivity index (χ3v) is 5.52. The van der Waals surface area contributed by atoms with Gasteiger partial charge in [0.25, 0.3) is 0 Å². The maximum atomic E-state index is 6.54. The van der Waals surface area contributed by atoms with Crippen molar-refractivity contribution in [2.24, 2.45) is 0 Å². The third kappa shape index (κ3) is 5.03. The van der Waals surface area contributed by atoms with Gasteiger partial charge in [0.15, 0.2) is 0 Å². The first-order valence-corrected chi connectivity index (χ1v) is 10.8. The zero-order valence-electron chi connectivity index (χ0n) is 18.0. The van der Waals surface area contributed by atoms with Crippen molar-refractivity contribution in [2.45, 2.75) is 6.54 Å². The first-order chi connectivity index (χ1) is 16.2. The number of nitrogens with two attached hydrogens (primary N) is 1. The van der Waals surface area contributed by atoms with Crippen molar-refractivity contribution in [1.82, 2.24) is 19.5 Å². The van der Waals surface area contributed by atoms with Crippen LogP contribution in [0.4, 0.5) is 5.82 Å². The smallest absolute Gasteiger partial charge is 0.237 e. The van der Waals surface area contributed by atoms with Gasteiger partial charge in [0.1, 0.15) is 11.6 Å². The van der Waals surface area contributed by atoms with Crippen molar-refractivity contribution in [2.75, 3.05) is 5.73 Å². The molecule has 2 N–H and O–H groups in total. The lowest BCUT2D eigenvalue weighted by molar-refractivity contribution is 0.460. The molecule has 0 radical (unpaired) electrons. The van der Waals surface area contributed by atoms with Crippen molar-refractivity contribution in [3.05, 3.63) is 108 Å². The second-order valence-corrected chi connectivity index (χ2v) is 7.80. The van der Waals surface area contributed by atoms with E-state index in [-0.39, 0.29) is 12.4 Å². The Morgan fingerprint density at radius 3 is 2.38 bits per heavy atom. The van der Waals surface area contributed by atoms with E-state index in [0.717, 1.165) is 28.2 Å². The highest BCUT2D eigenvalue weighted by atomic mass is 35.5. The monoisotopic (exact) mass is 489 g/mol. The van der Waals surface area contributed by atoms with Crippen LogP contribution in [0.5, 0.6) is 11.6 Å². The quantitative estimate of drug-likeness (QED) is 0.294. The lowest BCUT2D eigenvalue weighted by atomic mass is 10.1. The number of pyridine rings is 1. The summed E-state index contributed by atoms with van der Waals surface area (Å²) in [4.78, 5) is 12.7. The average molecular weight is 490 g/mol. The van der Waals surface area contributed by atoms with Crippen LogP contribution in [-0.2, 0) is 6.54 Å². The number of benzene rings is 2. The molecule has 0 amide bonds. The molecule has 0 unspecified atom stereocenters. The normalized spacial score (nSPS) is 10.5. The second-order valence-electron chi connectivity index (χ2n) is 7.39. The fraction of sp³-hybridized carbons (Fsp3) is 0.0385. The van der Waals surface area contributed by atoms with Crippen LogP contribution < -0.4 is 10.5 Å². The predicted molar refractivity (Wildman–Crippen MR) is 137 cm³/mol. The van der Waals surface area contributed by atoms with Crippen LogP contribution in [0.25, 0.3) is 22.5 Å². The van der Waals surface area contributed by atoms with Gasteiger partial charge < -0.3 is 15.0 Å². The SMILES string of the molecule is Cl.Nc1cccc(Cn2c(-c3ccc(Oc4cnccn4)cc3)ccc2-c2ccccc2Cl)n1. The molecule has 0 aliphatic heterocycles. The zero-order chi connectivity index (χ0) is 22.6. The molecule has 2 aromatic carbocycles. The summed E-state index contributed by atoms with van der Waals surface area (Å²) in [6.07, 6.45) is 4.78. The Bertz CT molecular complexity index is 1390. The van der Waals surface area contributed by atoms with Crippen LogP contribution >= 0.6 is 24.0 Å². The minimum atomic E-state index is 0. The van der Waals surface area contributed by atoms with Crippen LogP contribution in [0.1, 0.15) is 5.69 Å². The highest BCUT2D eigenvalue weighted by Crippen LogP contribution is 2.34. The minimum absolute atomic E-state index is 0. The molecule has 0 bridgehead atoms. The van der Waals surface area contributed by atoms with E-state index in [2.05, 4.69) is 31.7 Å². The topological polar surface area (TPSA) is 78.9 Å². The molecule has 6 nitrogen and oxygen atoms in total. The maximum Gasteiger partial charge on any atom is 0.237 e. The third-order valence-electron chi connectivity index (χ3n) is 5.19. The van der Waals surface area contributed by atoms with E-state index < -0.39 is 0 Å². The molecule has 0 saturated carbocycles. The Hall–Kier alpha value is -3.87. The summed E-state index contributed by atoms with van der Waals surface area (Å²) in [7, 11) is 0. The van der Waals surface area contributed by atoms with Crippen LogP contribution in [0, 0.1) is 0 Å². The fourth-order valence-electron chi connectivity index (χ4n) is 3.69. The molecule has 8 heteroatoms. The lowest BCUT2D eigenvalue weighted by Crippen LogP contribution is -2.06. The van der Waals surface area contributed by atoms with Crippen LogP contribution in [-0.4, -0.2) is 19.5 Å². The van der Waals surface area contributed by atoms with Gasteiger partial charge >= 0.3 is 0 Å². The van der Waals surface area contributed by atoms with E-state index in [0.29, 0.717) is 29.0 Å². The summed E-state index contributed by atoms with van der Waals surface area (Å²) in [6.45, 7) is 0.547. The number of nitrogens with zero attached hydrogens (tertiary/aromatic N) is 4. The summed E-state index contributed by atoms with van der Waals surface area (Å²) < 4.78 is 7.97. The number of nitrogen functional groups attached to an aromatic ring is 1. The number of rotatable bonds is 6. The number of hydrogen-bond acceptors (Lipinski definition) is 5. The Morgan fingerprint density at radius 1 is 0.853 bits per heavy atom. The minimum Gasteiger partial charge on any atom is -0.438 e. The van der Waals surface area contributed by atoms with Crippen molar-refractivity contribution >= 4 is 29.8 Å². The number of anilines is 1.